The summed E-state index contributed by atoms with van der Waals surface area (Å²) >= 11 is 1.47. The number of carbonyl (C=O) groups excluding carboxylic acids is 1. The lowest BCUT2D eigenvalue weighted by Gasteiger charge is -2.13. The molecule has 0 aromatic carbocycles. The third-order valence-corrected chi connectivity index (χ3v) is 4.32. The minimum Gasteiger partial charge on any atom is -0.340 e. The van der Waals surface area contributed by atoms with Gasteiger partial charge in [-0.2, -0.15) is 4.98 Å². The van der Waals surface area contributed by atoms with Crippen LogP contribution in [-0.2, 0) is 11.3 Å². The number of hydrogen-bond donors (Lipinski definition) is 1. The first-order valence-corrected chi connectivity index (χ1v) is 8.03. The number of nitrogens with zero attached hydrogens (tertiary/aromatic N) is 5. The molecule has 0 saturated heterocycles. The van der Waals surface area contributed by atoms with Crippen LogP contribution in [0.3, 0.4) is 0 Å². The first-order chi connectivity index (χ1) is 10.6. The average molecular weight is 322 g/mol. The highest BCUT2D eigenvalue weighted by atomic mass is 32.1. The molecule has 2 aromatic rings. The van der Waals surface area contributed by atoms with E-state index in [1.165, 1.54) is 24.2 Å². The van der Waals surface area contributed by atoms with E-state index in [2.05, 4.69) is 25.7 Å². The second-order valence-electron chi connectivity index (χ2n) is 5.49. The Balaban J connectivity index is 1.41. The van der Waals surface area contributed by atoms with E-state index in [1.54, 1.807) is 6.92 Å². The van der Waals surface area contributed by atoms with Gasteiger partial charge in [0.05, 0.1) is 6.54 Å². The van der Waals surface area contributed by atoms with Gasteiger partial charge in [-0.25, -0.2) is 0 Å². The van der Waals surface area contributed by atoms with Crippen LogP contribution < -0.4 is 5.32 Å². The lowest BCUT2D eigenvalue weighted by atomic mass is 10.3. The highest BCUT2D eigenvalue weighted by Crippen LogP contribution is 2.41. The molecule has 22 heavy (non-hydrogen) atoms. The van der Waals surface area contributed by atoms with Gasteiger partial charge < -0.3 is 9.84 Å². The molecule has 0 spiro atoms. The zero-order valence-electron chi connectivity index (χ0n) is 12.6. The number of nitrogens with one attached hydrogen (secondary N) is 1. The van der Waals surface area contributed by atoms with Gasteiger partial charge in [0, 0.05) is 25.8 Å². The highest BCUT2D eigenvalue weighted by molar-refractivity contribution is 7.15. The molecule has 3 rings (SSSR count). The quantitative estimate of drug-likeness (QED) is 0.826. The topological polar surface area (TPSA) is 97.0 Å². The summed E-state index contributed by atoms with van der Waals surface area (Å²) in [5, 5.41) is 16.3. The van der Waals surface area contributed by atoms with Crippen molar-refractivity contribution in [2.75, 3.05) is 18.9 Å². The number of rotatable bonds is 7. The summed E-state index contributed by atoms with van der Waals surface area (Å²) in [6, 6.07) is 0. The van der Waals surface area contributed by atoms with Crippen molar-refractivity contribution in [1.29, 1.82) is 0 Å². The van der Waals surface area contributed by atoms with Gasteiger partial charge in [-0.05, 0) is 19.9 Å². The van der Waals surface area contributed by atoms with E-state index in [4.69, 9.17) is 4.52 Å². The van der Waals surface area contributed by atoms with E-state index in [9.17, 15) is 4.79 Å². The molecule has 2 heterocycles. The Morgan fingerprint density at radius 2 is 2.27 bits per heavy atom. The Morgan fingerprint density at radius 1 is 1.45 bits per heavy atom. The first-order valence-electron chi connectivity index (χ1n) is 7.21. The first kappa shape index (κ1) is 15.0. The normalized spacial score (nSPS) is 14.5. The Hall–Kier alpha value is -1.87. The van der Waals surface area contributed by atoms with Crippen LogP contribution in [0.4, 0.5) is 5.13 Å². The molecule has 1 aliphatic rings. The predicted molar refractivity (Wildman–Crippen MR) is 80.5 cm³/mol. The molecule has 0 bridgehead atoms. The zero-order valence-corrected chi connectivity index (χ0v) is 13.4. The Kier molecular flexibility index (Phi) is 4.44. The van der Waals surface area contributed by atoms with Crippen molar-refractivity contribution in [3.8, 4) is 0 Å². The van der Waals surface area contributed by atoms with Crippen LogP contribution >= 0.6 is 11.3 Å². The molecule has 0 atom stereocenters. The summed E-state index contributed by atoms with van der Waals surface area (Å²) in [4.78, 5) is 18.0. The van der Waals surface area contributed by atoms with E-state index in [1.807, 2.05) is 11.9 Å². The summed E-state index contributed by atoms with van der Waals surface area (Å²) in [6.45, 7) is 2.91. The van der Waals surface area contributed by atoms with E-state index >= 15 is 0 Å². The van der Waals surface area contributed by atoms with Crippen LogP contribution in [0, 0.1) is 6.92 Å². The molecule has 1 saturated carbocycles. The maximum Gasteiger partial charge on any atom is 0.227 e. The SMILES string of the molecule is Cc1nc(CN(C)CCC(=O)Nc2nnc(C3CC3)s2)no1. The van der Waals surface area contributed by atoms with Gasteiger partial charge in [0.25, 0.3) is 0 Å². The predicted octanol–water partition coefficient (Wildman–Crippen LogP) is 1.57. The Bertz CT molecular complexity index is 651. The van der Waals surface area contributed by atoms with E-state index in [0.29, 0.717) is 42.3 Å². The van der Waals surface area contributed by atoms with E-state index in [-0.39, 0.29) is 5.91 Å². The average Bonchev–Trinajstić information content (AvgIpc) is 3.10. The molecule has 8 nitrogen and oxygen atoms in total. The molecule has 0 aliphatic heterocycles. The molecular formula is C13H18N6O2S. The van der Waals surface area contributed by atoms with Gasteiger partial charge in [0.2, 0.25) is 16.9 Å². The van der Waals surface area contributed by atoms with Gasteiger partial charge in [0.1, 0.15) is 5.01 Å². The van der Waals surface area contributed by atoms with Gasteiger partial charge in [0.15, 0.2) is 5.82 Å². The number of hydrogen-bond acceptors (Lipinski definition) is 8. The lowest BCUT2D eigenvalue weighted by molar-refractivity contribution is -0.116. The zero-order chi connectivity index (χ0) is 15.5. The lowest BCUT2D eigenvalue weighted by Crippen LogP contribution is -2.24. The number of carbonyl (C=O) groups is 1. The summed E-state index contributed by atoms with van der Waals surface area (Å²) in [5.41, 5.74) is 0. The van der Waals surface area contributed by atoms with Crippen LogP contribution in [0.25, 0.3) is 0 Å². The van der Waals surface area contributed by atoms with Crippen molar-refractivity contribution < 1.29 is 9.32 Å². The fraction of sp³-hybridized carbons (Fsp3) is 0.615. The van der Waals surface area contributed by atoms with Crippen molar-refractivity contribution in [1.82, 2.24) is 25.2 Å². The fourth-order valence-electron chi connectivity index (χ4n) is 1.98. The number of anilines is 1. The fourth-order valence-corrected chi connectivity index (χ4v) is 2.91. The molecule has 1 aliphatic carbocycles. The van der Waals surface area contributed by atoms with Gasteiger partial charge >= 0.3 is 0 Å². The van der Waals surface area contributed by atoms with Crippen molar-refractivity contribution >= 4 is 22.4 Å². The van der Waals surface area contributed by atoms with E-state index < -0.39 is 0 Å². The summed E-state index contributed by atoms with van der Waals surface area (Å²) in [5.74, 6) is 1.67. The third kappa shape index (κ3) is 4.08. The minimum absolute atomic E-state index is 0.0605. The van der Waals surface area contributed by atoms with Crippen LogP contribution in [0.2, 0.25) is 0 Å². The minimum atomic E-state index is -0.0605. The summed E-state index contributed by atoms with van der Waals surface area (Å²) < 4.78 is 4.92. The maximum absolute atomic E-state index is 11.9. The summed E-state index contributed by atoms with van der Waals surface area (Å²) in [6.07, 6.45) is 2.75. The monoisotopic (exact) mass is 322 g/mol. The molecule has 1 amide bonds. The van der Waals surface area contributed by atoms with E-state index in [0.717, 1.165) is 5.01 Å². The molecule has 1 fully saturated rings. The van der Waals surface area contributed by atoms with Crippen LogP contribution in [0.1, 0.15) is 41.9 Å². The molecule has 118 valence electrons. The summed E-state index contributed by atoms with van der Waals surface area (Å²) in [7, 11) is 1.91. The largest absolute Gasteiger partial charge is 0.340 e. The third-order valence-electron chi connectivity index (χ3n) is 3.32. The number of aryl methyl sites for hydroxylation is 1. The van der Waals surface area contributed by atoms with Crippen LogP contribution in [0.5, 0.6) is 0 Å². The van der Waals surface area contributed by atoms with Crippen molar-refractivity contribution in [2.24, 2.45) is 0 Å². The van der Waals surface area contributed by atoms with Gasteiger partial charge in [-0.1, -0.05) is 16.5 Å². The Labute approximate surface area is 131 Å². The van der Waals surface area contributed by atoms with Crippen LogP contribution in [-0.4, -0.2) is 44.7 Å². The van der Waals surface area contributed by atoms with Crippen molar-refractivity contribution in [2.45, 2.75) is 38.6 Å². The molecule has 0 unspecified atom stereocenters. The molecule has 1 N–H and O–H groups in total. The highest BCUT2D eigenvalue weighted by Gasteiger charge is 2.27. The maximum atomic E-state index is 11.9. The molecule has 2 aromatic heterocycles. The molecular weight excluding hydrogens is 304 g/mol. The number of aromatic nitrogens is 4. The smallest absolute Gasteiger partial charge is 0.227 e. The van der Waals surface area contributed by atoms with Crippen molar-refractivity contribution in [3.63, 3.8) is 0 Å². The number of amides is 1. The molecule has 0 radical (unpaired) electrons. The standard InChI is InChI=1S/C13H18N6O2S/c1-8-14-10(18-21-8)7-19(2)6-5-11(20)15-13-17-16-12(22-13)9-3-4-9/h9H,3-7H2,1-2H3,(H,15,17,20). The van der Waals surface area contributed by atoms with Crippen molar-refractivity contribution in [3.05, 3.63) is 16.7 Å². The molecule has 9 heteroatoms. The van der Waals surface area contributed by atoms with Gasteiger partial charge in [-0.3, -0.25) is 9.69 Å². The van der Waals surface area contributed by atoms with Gasteiger partial charge in [-0.15, -0.1) is 10.2 Å². The second-order valence-corrected chi connectivity index (χ2v) is 6.49. The Morgan fingerprint density at radius 3 is 2.95 bits per heavy atom. The van der Waals surface area contributed by atoms with Crippen LogP contribution in [0.15, 0.2) is 4.52 Å². The second kappa shape index (κ2) is 6.49.